The molecule has 1 aliphatic rings. The maximum atomic E-state index is 12.8. The molecule has 0 saturated carbocycles. The van der Waals surface area contributed by atoms with Crippen molar-refractivity contribution in [1.82, 2.24) is 9.97 Å². The number of benzene rings is 4. The quantitative estimate of drug-likeness (QED) is 0.208. The maximum Gasteiger partial charge on any atom is 0.234 e. The molecule has 0 atom stereocenters. The Kier molecular flexibility index (Phi) is 5.87. The van der Waals surface area contributed by atoms with Crippen molar-refractivity contribution in [2.24, 2.45) is 0 Å². The smallest absolute Gasteiger partial charge is 0.234 e. The van der Waals surface area contributed by atoms with Gasteiger partial charge in [0.2, 0.25) is 11.8 Å². The fourth-order valence-electron chi connectivity index (χ4n) is 4.36. The molecule has 1 N–H and O–H groups in total. The molecule has 176 valence electrons. The summed E-state index contributed by atoms with van der Waals surface area (Å²) in [6.07, 6.45) is 0.642. The number of ether oxygens (including phenoxy) is 1. The highest BCUT2D eigenvalue weighted by atomic mass is 32.2. The summed E-state index contributed by atoms with van der Waals surface area (Å²) in [5, 5.41) is 6.05. The molecule has 5 aromatic rings. The molecule has 2 heterocycles. The van der Waals surface area contributed by atoms with E-state index in [9.17, 15) is 4.79 Å². The summed E-state index contributed by atoms with van der Waals surface area (Å²) < 4.78 is 6.34. The number of aromatic nitrogens is 2. The fraction of sp³-hybridized carbons (Fsp3) is 0.100. The van der Waals surface area contributed by atoms with E-state index in [0.717, 1.165) is 49.5 Å². The van der Waals surface area contributed by atoms with Crippen LogP contribution in [-0.2, 0) is 11.2 Å². The zero-order valence-electron chi connectivity index (χ0n) is 19.7. The maximum absolute atomic E-state index is 12.8. The van der Waals surface area contributed by atoms with Crippen LogP contribution < -0.4 is 10.1 Å². The summed E-state index contributed by atoms with van der Waals surface area (Å²) in [7, 11) is 0. The molecule has 6 heteroatoms. The second kappa shape index (κ2) is 9.47. The number of amides is 1. The van der Waals surface area contributed by atoms with E-state index in [2.05, 4.69) is 23.5 Å². The summed E-state index contributed by atoms with van der Waals surface area (Å²) in [5.74, 6) is 2.09. The number of hydrogen-bond acceptors (Lipinski definition) is 5. The lowest BCUT2D eigenvalue weighted by Crippen LogP contribution is -2.15. The van der Waals surface area contributed by atoms with Gasteiger partial charge in [0.15, 0.2) is 5.82 Å². The highest BCUT2D eigenvalue weighted by Crippen LogP contribution is 2.43. The first-order valence-electron chi connectivity index (χ1n) is 11.8. The zero-order valence-corrected chi connectivity index (χ0v) is 20.5. The number of thioether (sulfide) groups is 1. The fourth-order valence-corrected chi connectivity index (χ4v) is 5.18. The molecule has 1 aliphatic heterocycles. The highest BCUT2D eigenvalue weighted by Gasteiger charge is 2.26. The van der Waals surface area contributed by atoms with E-state index in [1.165, 1.54) is 11.8 Å². The van der Waals surface area contributed by atoms with Crippen LogP contribution in [0.3, 0.4) is 0 Å². The van der Waals surface area contributed by atoms with E-state index in [1.807, 2.05) is 79.7 Å². The van der Waals surface area contributed by atoms with E-state index >= 15 is 0 Å². The predicted octanol–water partition coefficient (Wildman–Crippen LogP) is 7.03. The van der Waals surface area contributed by atoms with Gasteiger partial charge in [-0.15, -0.1) is 0 Å². The van der Waals surface area contributed by atoms with Crippen molar-refractivity contribution in [3.63, 3.8) is 0 Å². The number of anilines is 1. The topological polar surface area (TPSA) is 64.1 Å². The first-order chi connectivity index (χ1) is 17.6. The van der Waals surface area contributed by atoms with Crippen molar-refractivity contribution in [1.29, 1.82) is 0 Å². The van der Waals surface area contributed by atoms with Crippen LogP contribution in [0.15, 0.2) is 96.0 Å². The number of nitrogens with zero attached hydrogens (tertiary/aromatic N) is 2. The van der Waals surface area contributed by atoms with Gasteiger partial charge in [-0.05, 0) is 35.9 Å². The number of rotatable bonds is 5. The van der Waals surface area contributed by atoms with Gasteiger partial charge in [0.25, 0.3) is 0 Å². The Balaban J connectivity index is 1.34. The molecule has 36 heavy (non-hydrogen) atoms. The minimum atomic E-state index is -0.0833. The van der Waals surface area contributed by atoms with Crippen molar-refractivity contribution in [2.75, 3.05) is 11.1 Å². The van der Waals surface area contributed by atoms with Crippen LogP contribution in [-0.4, -0.2) is 21.6 Å². The molecule has 0 bridgehead atoms. The first-order valence-corrected chi connectivity index (χ1v) is 12.8. The molecule has 0 unspecified atom stereocenters. The van der Waals surface area contributed by atoms with Gasteiger partial charge in [0.1, 0.15) is 10.8 Å². The number of nitrogens with one attached hydrogen (secondary N) is 1. The molecule has 0 spiro atoms. The lowest BCUT2D eigenvalue weighted by atomic mass is 9.97. The third kappa shape index (κ3) is 4.43. The number of carbonyl (C=O) groups is 1. The van der Waals surface area contributed by atoms with Gasteiger partial charge in [0.05, 0.1) is 11.3 Å². The summed E-state index contributed by atoms with van der Waals surface area (Å²) in [5.41, 5.74) is 4.86. The van der Waals surface area contributed by atoms with E-state index in [0.29, 0.717) is 18.1 Å². The Bertz CT molecular complexity index is 1580. The van der Waals surface area contributed by atoms with E-state index < -0.39 is 0 Å². The van der Waals surface area contributed by atoms with Crippen LogP contribution >= 0.6 is 11.8 Å². The summed E-state index contributed by atoms with van der Waals surface area (Å²) in [4.78, 5) is 22.4. The molecule has 0 aliphatic carbocycles. The SMILES string of the molecule is Cc1ccc(NC(=O)CSc2nc(-c3ccccc3)nc3c2Cc2c(ccc4ccccc24)O3)cc1. The van der Waals surface area contributed by atoms with E-state index in [-0.39, 0.29) is 11.7 Å². The van der Waals surface area contributed by atoms with Crippen LogP contribution in [0.4, 0.5) is 5.69 Å². The van der Waals surface area contributed by atoms with Gasteiger partial charge in [-0.3, -0.25) is 4.79 Å². The Morgan fingerprint density at radius 3 is 2.50 bits per heavy atom. The van der Waals surface area contributed by atoms with Crippen molar-refractivity contribution in [3.05, 3.63) is 108 Å². The van der Waals surface area contributed by atoms with E-state index in [4.69, 9.17) is 14.7 Å². The lowest BCUT2D eigenvalue weighted by Gasteiger charge is -2.23. The van der Waals surface area contributed by atoms with Crippen LogP contribution in [0.2, 0.25) is 0 Å². The average molecular weight is 490 g/mol. The molecule has 4 aromatic carbocycles. The Morgan fingerprint density at radius 2 is 1.67 bits per heavy atom. The largest absolute Gasteiger partial charge is 0.438 e. The van der Waals surface area contributed by atoms with Gasteiger partial charge < -0.3 is 10.1 Å². The van der Waals surface area contributed by atoms with Crippen molar-refractivity contribution < 1.29 is 9.53 Å². The first kappa shape index (κ1) is 22.3. The van der Waals surface area contributed by atoms with Crippen LogP contribution in [0, 0.1) is 6.92 Å². The highest BCUT2D eigenvalue weighted by molar-refractivity contribution is 8.00. The average Bonchev–Trinajstić information content (AvgIpc) is 2.92. The van der Waals surface area contributed by atoms with Crippen molar-refractivity contribution in [3.8, 4) is 23.0 Å². The lowest BCUT2D eigenvalue weighted by molar-refractivity contribution is -0.113. The Labute approximate surface area is 213 Å². The molecule has 1 amide bonds. The van der Waals surface area contributed by atoms with Gasteiger partial charge in [-0.25, -0.2) is 4.98 Å². The Morgan fingerprint density at radius 1 is 0.889 bits per heavy atom. The third-order valence-electron chi connectivity index (χ3n) is 6.20. The molecule has 0 radical (unpaired) electrons. The van der Waals surface area contributed by atoms with Gasteiger partial charge in [0, 0.05) is 23.2 Å². The number of fused-ring (bicyclic) bond motifs is 4. The minimum Gasteiger partial charge on any atom is -0.438 e. The zero-order chi connectivity index (χ0) is 24.5. The molecule has 0 saturated heterocycles. The number of aryl methyl sites for hydroxylation is 1. The summed E-state index contributed by atoms with van der Waals surface area (Å²) in [6, 6.07) is 30.0. The van der Waals surface area contributed by atoms with Crippen LogP contribution in [0.25, 0.3) is 22.2 Å². The van der Waals surface area contributed by atoms with Crippen LogP contribution in [0.5, 0.6) is 11.6 Å². The summed E-state index contributed by atoms with van der Waals surface area (Å²) in [6.45, 7) is 2.02. The van der Waals surface area contributed by atoms with Crippen molar-refractivity contribution >= 4 is 34.1 Å². The predicted molar refractivity (Wildman–Crippen MR) is 145 cm³/mol. The molecule has 0 fully saturated rings. The molecular formula is C30H23N3O2S. The van der Waals surface area contributed by atoms with E-state index in [1.54, 1.807) is 0 Å². The minimum absolute atomic E-state index is 0.0833. The van der Waals surface area contributed by atoms with Gasteiger partial charge >= 0.3 is 0 Å². The monoisotopic (exact) mass is 489 g/mol. The molecule has 6 rings (SSSR count). The molecule has 5 nitrogen and oxygen atoms in total. The normalized spacial score (nSPS) is 11.9. The van der Waals surface area contributed by atoms with Gasteiger partial charge in [-0.2, -0.15) is 4.98 Å². The molecular weight excluding hydrogens is 466 g/mol. The second-order valence-electron chi connectivity index (χ2n) is 8.75. The molecule has 1 aromatic heterocycles. The Hall–Kier alpha value is -4.16. The number of hydrogen-bond donors (Lipinski definition) is 1. The van der Waals surface area contributed by atoms with Gasteiger partial charge in [-0.1, -0.05) is 90.1 Å². The second-order valence-corrected chi connectivity index (χ2v) is 9.71. The third-order valence-corrected chi connectivity index (χ3v) is 7.21. The number of carbonyl (C=O) groups excluding carboxylic acids is 1. The van der Waals surface area contributed by atoms with Crippen molar-refractivity contribution in [2.45, 2.75) is 18.4 Å². The van der Waals surface area contributed by atoms with Crippen LogP contribution in [0.1, 0.15) is 16.7 Å². The standard InChI is InChI=1S/C30H23N3O2S/c1-19-11-14-22(15-12-19)31-27(34)18-36-30-25-17-24-23-10-6-5-7-20(23)13-16-26(24)35-29(25)32-28(33-30)21-8-3-2-4-9-21/h2-16H,17-18H2,1H3,(H,31,34). The summed E-state index contributed by atoms with van der Waals surface area (Å²) >= 11 is 1.41.